The van der Waals surface area contributed by atoms with E-state index in [4.69, 9.17) is 9.84 Å². The van der Waals surface area contributed by atoms with Gasteiger partial charge < -0.3 is 20.1 Å². The fourth-order valence-electron chi connectivity index (χ4n) is 2.01. The molecule has 8 nitrogen and oxygen atoms in total. The molecule has 0 aliphatic carbocycles. The van der Waals surface area contributed by atoms with Gasteiger partial charge in [0.15, 0.2) is 6.23 Å². The van der Waals surface area contributed by atoms with E-state index >= 15 is 0 Å². The van der Waals surface area contributed by atoms with E-state index in [9.17, 15) is 24.2 Å². The second-order valence-electron chi connectivity index (χ2n) is 4.56. The van der Waals surface area contributed by atoms with Crippen LogP contribution in [0, 0.1) is 0 Å². The summed E-state index contributed by atoms with van der Waals surface area (Å²) in [4.78, 5) is 24.4. The molecule has 1 aliphatic heterocycles. The highest BCUT2D eigenvalue weighted by molar-refractivity contribution is 5.04. The molecule has 0 bridgehead atoms. The topological polar surface area (TPSA) is 125 Å². The Kier molecular flexibility index (Phi) is 3.09. The summed E-state index contributed by atoms with van der Waals surface area (Å²) >= 11 is 0. The van der Waals surface area contributed by atoms with Gasteiger partial charge in [-0.1, -0.05) is 0 Å². The first kappa shape index (κ1) is 13.9. The fraction of sp³-hybridized carbons (Fsp3) is 0.600. The summed E-state index contributed by atoms with van der Waals surface area (Å²) in [6, 6.07) is 0.977. The van der Waals surface area contributed by atoms with Crippen LogP contribution in [0.2, 0.25) is 0 Å². The number of nitrogens with one attached hydrogen (secondary N) is 1. The van der Waals surface area contributed by atoms with Crippen molar-refractivity contribution in [2.24, 2.45) is 0 Å². The van der Waals surface area contributed by atoms with Gasteiger partial charge in [0, 0.05) is 12.3 Å². The summed E-state index contributed by atoms with van der Waals surface area (Å²) in [6.45, 7) is -0.143. The molecule has 9 heteroatoms. The standard InChI is InChI=1S/C10H13FN2O6/c1-9(18)6(16)10(11,4-14)19-7(9)13-3-2-5(15)12-8(13)17/h2-3,6-7,14,16,18H,4H2,1H3,(H,12,15,17). The van der Waals surface area contributed by atoms with Gasteiger partial charge in [0.2, 0.25) is 0 Å². The summed E-state index contributed by atoms with van der Waals surface area (Å²) < 4.78 is 19.5. The molecule has 1 aliphatic rings. The molecule has 1 aromatic heterocycles. The summed E-state index contributed by atoms with van der Waals surface area (Å²) in [5, 5.41) is 28.6. The molecule has 106 valence electrons. The average Bonchev–Trinajstić information content (AvgIpc) is 2.51. The van der Waals surface area contributed by atoms with Crippen LogP contribution in [0.25, 0.3) is 0 Å². The Morgan fingerprint density at radius 1 is 1.58 bits per heavy atom. The van der Waals surface area contributed by atoms with Gasteiger partial charge in [-0.15, -0.1) is 0 Å². The molecule has 4 atom stereocenters. The third kappa shape index (κ3) is 2.00. The quantitative estimate of drug-likeness (QED) is 0.487. The summed E-state index contributed by atoms with van der Waals surface area (Å²) in [7, 11) is 0. The smallest absolute Gasteiger partial charge is 0.330 e. The number of rotatable bonds is 2. The van der Waals surface area contributed by atoms with Crippen LogP contribution in [0.15, 0.2) is 21.9 Å². The van der Waals surface area contributed by atoms with Crippen molar-refractivity contribution in [1.29, 1.82) is 0 Å². The molecule has 0 radical (unpaired) electrons. The summed E-state index contributed by atoms with van der Waals surface area (Å²) in [5.41, 5.74) is -3.78. The molecule has 0 saturated carbocycles. The lowest BCUT2D eigenvalue weighted by Gasteiger charge is -2.27. The number of halogens is 1. The van der Waals surface area contributed by atoms with Gasteiger partial charge in [-0.2, -0.15) is 0 Å². The predicted octanol–water partition coefficient (Wildman–Crippen LogP) is -2.16. The van der Waals surface area contributed by atoms with Crippen LogP contribution in [-0.2, 0) is 4.74 Å². The molecule has 4 N–H and O–H groups in total. The number of H-pyrrole nitrogens is 1. The van der Waals surface area contributed by atoms with Crippen LogP contribution in [0.1, 0.15) is 13.2 Å². The second-order valence-corrected chi connectivity index (χ2v) is 4.56. The number of aromatic nitrogens is 2. The number of hydrogen-bond acceptors (Lipinski definition) is 6. The molecule has 1 aromatic rings. The zero-order valence-corrected chi connectivity index (χ0v) is 9.91. The van der Waals surface area contributed by atoms with E-state index in [1.54, 1.807) is 0 Å². The van der Waals surface area contributed by atoms with E-state index in [1.807, 2.05) is 4.98 Å². The summed E-state index contributed by atoms with van der Waals surface area (Å²) in [5.74, 6) is -2.90. The van der Waals surface area contributed by atoms with Crippen molar-refractivity contribution >= 4 is 0 Å². The third-order valence-corrected chi connectivity index (χ3v) is 3.09. The number of nitrogens with zero attached hydrogens (tertiary/aromatic N) is 1. The zero-order valence-electron chi connectivity index (χ0n) is 9.91. The normalized spacial score (nSPS) is 38.6. The van der Waals surface area contributed by atoms with Crippen molar-refractivity contribution < 1.29 is 24.4 Å². The highest BCUT2D eigenvalue weighted by Crippen LogP contribution is 2.44. The third-order valence-electron chi connectivity index (χ3n) is 3.09. The predicted molar refractivity (Wildman–Crippen MR) is 59.0 cm³/mol. The Bertz CT molecular complexity index is 596. The Balaban J connectivity index is 2.51. The minimum absolute atomic E-state index is 0.673. The molecule has 1 fully saturated rings. The Hall–Kier alpha value is -1.55. The number of alkyl halides is 1. The molecule has 4 unspecified atom stereocenters. The first-order valence-electron chi connectivity index (χ1n) is 5.42. The summed E-state index contributed by atoms with van der Waals surface area (Å²) in [6.07, 6.45) is -2.66. The number of hydrogen-bond donors (Lipinski definition) is 4. The Morgan fingerprint density at radius 2 is 2.21 bits per heavy atom. The highest BCUT2D eigenvalue weighted by Gasteiger charge is 2.62. The van der Waals surface area contributed by atoms with Crippen LogP contribution in [-0.4, -0.2) is 49.0 Å². The lowest BCUT2D eigenvalue weighted by Crippen LogP contribution is -2.49. The monoisotopic (exact) mass is 276 g/mol. The number of ether oxygens (including phenoxy) is 1. The lowest BCUT2D eigenvalue weighted by molar-refractivity contribution is -0.207. The molecule has 1 saturated heterocycles. The van der Waals surface area contributed by atoms with E-state index in [0.717, 1.165) is 23.8 Å². The Morgan fingerprint density at radius 3 is 2.68 bits per heavy atom. The molecule has 2 rings (SSSR count). The van der Waals surface area contributed by atoms with E-state index in [1.165, 1.54) is 0 Å². The maximum atomic E-state index is 14.0. The molecule has 19 heavy (non-hydrogen) atoms. The Labute approximate surface area is 105 Å². The number of aliphatic hydroxyl groups excluding tert-OH is 2. The van der Waals surface area contributed by atoms with E-state index < -0.39 is 41.6 Å². The van der Waals surface area contributed by atoms with Gasteiger partial charge in [0.25, 0.3) is 11.4 Å². The first-order valence-corrected chi connectivity index (χ1v) is 5.42. The van der Waals surface area contributed by atoms with E-state index in [-0.39, 0.29) is 0 Å². The molecule has 0 aromatic carbocycles. The molecular formula is C10H13FN2O6. The van der Waals surface area contributed by atoms with Crippen LogP contribution < -0.4 is 11.2 Å². The van der Waals surface area contributed by atoms with Gasteiger partial charge in [-0.3, -0.25) is 14.3 Å². The van der Waals surface area contributed by atoms with Crippen LogP contribution in [0.5, 0.6) is 0 Å². The molecule has 2 heterocycles. The number of aliphatic hydroxyl groups is 3. The van der Waals surface area contributed by atoms with Crippen molar-refractivity contribution in [2.45, 2.75) is 30.7 Å². The number of aromatic amines is 1. The minimum atomic E-state index is -2.90. The van der Waals surface area contributed by atoms with Gasteiger partial charge >= 0.3 is 5.69 Å². The van der Waals surface area contributed by atoms with E-state index in [0.29, 0.717) is 0 Å². The van der Waals surface area contributed by atoms with Crippen molar-refractivity contribution in [3.8, 4) is 0 Å². The van der Waals surface area contributed by atoms with Crippen molar-refractivity contribution in [3.63, 3.8) is 0 Å². The maximum absolute atomic E-state index is 14.0. The van der Waals surface area contributed by atoms with Gasteiger partial charge in [-0.05, 0) is 6.92 Å². The lowest BCUT2D eigenvalue weighted by atomic mass is 9.95. The molecule has 0 spiro atoms. The highest BCUT2D eigenvalue weighted by atomic mass is 19.2. The van der Waals surface area contributed by atoms with Crippen molar-refractivity contribution in [3.05, 3.63) is 33.1 Å². The molecular weight excluding hydrogens is 263 g/mol. The van der Waals surface area contributed by atoms with Crippen molar-refractivity contribution in [2.75, 3.05) is 6.61 Å². The first-order chi connectivity index (χ1) is 8.72. The van der Waals surface area contributed by atoms with Crippen molar-refractivity contribution in [1.82, 2.24) is 9.55 Å². The second kappa shape index (κ2) is 4.23. The molecule has 0 amide bonds. The largest absolute Gasteiger partial charge is 0.390 e. The van der Waals surface area contributed by atoms with Gasteiger partial charge in [-0.25, -0.2) is 9.18 Å². The minimum Gasteiger partial charge on any atom is -0.390 e. The van der Waals surface area contributed by atoms with Gasteiger partial charge in [0.05, 0.1) is 0 Å². The van der Waals surface area contributed by atoms with Gasteiger partial charge in [0.1, 0.15) is 18.3 Å². The van der Waals surface area contributed by atoms with Crippen LogP contribution in [0.3, 0.4) is 0 Å². The van der Waals surface area contributed by atoms with Crippen LogP contribution >= 0.6 is 0 Å². The van der Waals surface area contributed by atoms with E-state index in [2.05, 4.69) is 0 Å². The fourth-order valence-corrected chi connectivity index (χ4v) is 2.01. The SMILES string of the molecule is CC1(O)C(n2ccc(=O)[nH]c2=O)OC(F)(CO)C1O. The maximum Gasteiger partial charge on any atom is 0.330 e. The zero-order chi connectivity index (χ0) is 14.4. The average molecular weight is 276 g/mol. The van der Waals surface area contributed by atoms with Crippen LogP contribution in [0.4, 0.5) is 4.39 Å².